The molecule has 0 saturated heterocycles. The van der Waals surface area contributed by atoms with Crippen LogP contribution in [0.5, 0.6) is 0 Å². The van der Waals surface area contributed by atoms with Gasteiger partial charge in [-0.15, -0.1) is 0 Å². The van der Waals surface area contributed by atoms with E-state index in [4.69, 9.17) is 0 Å². The first-order valence-corrected chi connectivity index (χ1v) is 6.60. The van der Waals surface area contributed by atoms with Crippen molar-refractivity contribution >= 4 is 0 Å². The Labute approximate surface area is 103 Å². The third kappa shape index (κ3) is 3.00. The highest BCUT2D eigenvalue weighted by atomic mass is 16.1. The summed E-state index contributed by atoms with van der Waals surface area (Å²) < 4.78 is 3.55. The van der Waals surface area contributed by atoms with E-state index in [0.717, 1.165) is 19.0 Å². The summed E-state index contributed by atoms with van der Waals surface area (Å²) in [4.78, 5) is 11.9. The van der Waals surface area contributed by atoms with Crippen LogP contribution in [0.15, 0.2) is 17.2 Å². The first-order valence-electron chi connectivity index (χ1n) is 6.60. The van der Waals surface area contributed by atoms with E-state index in [9.17, 15) is 4.79 Å². The largest absolute Gasteiger partial charge is 0.328 e. The van der Waals surface area contributed by atoms with Gasteiger partial charge in [0.05, 0.1) is 0 Å². The van der Waals surface area contributed by atoms with Gasteiger partial charge in [-0.1, -0.05) is 0 Å². The standard InChI is InChI=1S/C13H23N3O/c1-10(2)16-9-8-15(13(16)17)7-6-14-11(3)12-4-5-12/h8-12,14H,4-7H2,1-3H3. The summed E-state index contributed by atoms with van der Waals surface area (Å²) in [6.45, 7) is 7.92. The van der Waals surface area contributed by atoms with E-state index in [1.165, 1.54) is 12.8 Å². The van der Waals surface area contributed by atoms with Gasteiger partial charge >= 0.3 is 5.69 Å². The lowest BCUT2D eigenvalue weighted by atomic mass is 10.2. The Bertz CT molecular complexity index is 415. The van der Waals surface area contributed by atoms with Gasteiger partial charge in [0, 0.05) is 37.6 Å². The molecule has 2 rings (SSSR count). The zero-order valence-corrected chi connectivity index (χ0v) is 11.0. The van der Waals surface area contributed by atoms with Crippen molar-refractivity contribution < 1.29 is 0 Å². The Morgan fingerprint density at radius 3 is 2.59 bits per heavy atom. The third-order valence-electron chi connectivity index (χ3n) is 3.58. The van der Waals surface area contributed by atoms with Crippen LogP contribution in [-0.4, -0.2) is 21.7 Å². The van der Waals surface area contributed by atoms with Crippen LogP contribution in [0.1, 0.15) is 39.7 Å². The van der Waals surface area contributed by atoms with E-state index in [0.29, 0.717) is 6.04 Å². The van der Waals surface area contributed by atoms with Crippen LogP contribution < -0.4 is 11.0 Å². The maximum atomic E-state index is 11.9. The highest BCUT2D eigenvalue weighted by molar-refractivity contribution is 4.85. The van der Waals surface area contributed by atoms with E-state index < -0.39 is 0 Å². The van der Waals surface area contributed by atoms with Crippen LogP contribution in [0.25, 0.3) is 0 Å². The molecular weight excluding hydrogens is 214 g/mol. The second kappa shape index (κ2) is 5.08. The molecule has 1 saturated carbocycles. The Hall–Kier alpha value is -1.03. The molecule has 4 nitrogen and oxygen atoms in total. The first-order chi connectivity index (χ1) is 8.09. The predicted molar refractivity (Wildman–Crippen MR) is 69.3 cm³/mol. The van der Waals surface area contributed by atoms with Gasteiger partial charge in [0.15, 0.2) is 0 Å². The summed E-state index contributed by atoms with van der Waals surface area (Å²) in [6, 6.07) is 0.833. The molecule has 4 heteroatoms. The molecule has 0 amide bonds. The zero-order valence-electron chi connectivity index (χ0n) is 11.0. The normalized spacial score (nSPS) is 17.6. The van der Waals surface area contributed by atoms with Gasteiger partial charge in [-0.25, -0.2) is 4.79 Å². The van der Waals surface area contributed by atoms with Crippen molar-refractivity contribution in [2.45, 2.75) is 52.2 Å². The van der Waals surface area contributed by atoms with Gasteiger partial charge in [-0.05, 0) is 39.5 Å². The highest BCUT2D eigenvalue weighted by Gasteiger charge is 2.27. The minimum absolute atomic E-state index is 0.0980. The lowest BCUT2D eigenvalue weighted by Crippen LogP contribution is -2.34. The maximum absolute atomic E-state index is 11.9. The lowest BCUT2D eigenvalue weighted by Gasteiger charge is -2.12. The van der Waals surface area contributed by atoms with Crippen molar-refractivity contribution in [2.24, 2.45) is 5.92 Å². The second-order valence-electron chi connectivity index (χ2n) is 5.36. The Kier molecular flexibility index (Phi) is 3.72. The van der Waals surface area contributed by atoms with Crippen molar-refractivity contribution in [2.75, 3.05) is 6.54 Å². The van der Waals surface area contributed by atoms with Crippen LogP contribution >= 0.6 is 0 Å². The molecule has 96 valence electrons. The summed E-state index contributed by atoms with van der Waals surface area (Å²) in [5, 5.41) is 3.49. The molecule has 1 heterocycles. The quantitative estimate of drug-likeness (QED) is 0.816. The number of imidazole rings is 1. The van der Waals surface area contributed by atoms with Crippen molar-refractivity contribution in [3.8, 4) is 0 Å². The van der Waals surface area contributed by atoms with E-state index in [-0.39, 0.29) is 11.7 Å². The van der Waals surface area contributed by atoms with Crippen LogP contribution in [0.3, 0.4) is 0 Å². The number of nitrogens with one attached hydrogen (secondary N) is 1. The second-order valence-corrected chi connectivity index (χ2v) is 5.36. The number of rotatable bonds is 6. The van der Waals surface area contributed by atoms with E-state index in [1.54, 1.807) is 9.13 Å². The van der Waals surface area contributed by atoms with E-state index >= 15 is 0 Å². The Balaban J connectivity index is 1.84. The van der Waals surface area contributed by atoms with Crippen molar-refractivity contribution in [1.82, 2.24) is 14.5 Å². The fourth-order valence-electron chi connectivity index (χ4n) is 2.17. The Morgan fingerprint density at radius 2 is 2.06 bits per heavy atom. The fourth-order valence-corrected chi connectivity index (χ4v) is 2.17. The van der Waals surface area contributed by atoms with Gasteiger partial charge in [0.1, 0.15) is 0 Å². The molecular formula is C13H23N3O. The first kappa shape index (κ1) is 12.4. The molecule has 1 fully saturated rings. The van der Waals surface area contributed by atoms with Gasteiger partial charge in [-0.2, -0.15) is 0 Å². The van der Waals surface area contributed by atoms with Crippen LogP contribution in [0, 0.1) is 5.92 Å². The van der Waals surface area contributed by atoms with Gasteiger partial charge < -0.3 is 5.32 Å². The molecule has 1 N–H and O–H groups in total. The smallest absolute Gasteiger partial charge is 0.312 e. The van der Waals surface area contributed by atoms with Crippen molar-refractivity contribution in [1.29, 1.82) is 0 Å². The average molecular weight is 237 g/mol. The maximum Gasteiger partial charge on any atom is 0.328 e. The molecule has 0 radical (unpaired) electrons. The van der Waals surface area contributed by atoms with Gasteiger partial charge in [0.25, 0.3) is 0 Å². The van der Waals surface area contributed by atoms with Crippen molar-refractivity contribution in [3.05, 3.63) is 22.9 Å². The molecule has 0 aromatic carbocycles. The summed E-state index contributed by atoms with van der Waals surface area (Å²) >= 11 is 0. The highest BCUT2D eigenvalue weighted by Crippen LogP contribution is 2.32. The van der Waals surface area contributed by atoms with Crippen LogP contribution in [0.2, 0.25) is 0 Å². The monoisotopic (exact) mass is 237 g/mol. The summed E-state index contributed by atoms with van der Waals surface area (Å²) in [7, 11) is 0. The summed E-state index contributed by atoms with van der Waals surface area (Å²) in [5.74, 6) is 0.868. The molecule has 0 aliphatic heterocycles. The SMILES string of the molecule is CC(NCCn1ccn(C(C)C)c1=O)C1CC1. The lowest BCUT2D eigenvalue weighted by molar-refractivity contribution is 0.466. The number of nitrogens with zero attached hydrogens (tertiary/aromatic N) is 2. The third-order valence-corrected chi connectivity index (χ3v) is 3.58. The van der Waals surface area contributed by atoms with E-state index in [2.05, 4.69) is 12.2 Å². The number of aromatic nitrogens is 2. The molecule has 1 atom stereocenters. The minimum atomic E-state index is 0.0980. The van der Waals surface area contributed by atoms with E-state index in [1.807, 2.05) is 26.2 Å². The molecule has 1 aromatic rings. The van der Waals surface area contributed by atoms with Crippen molar-refractivity contribution in [3.63, 3.8) is 0 Å². The molecule has 1 aromatic heterocycles. The molecule has 0 bridgehead atoms. The minimum Gasteiger partial charge on any atom is -0.312 e. The molecule has 1 aliphatic rings. The topological polar surface area (TPSA) is 39.0 Å². The molecule has 17 heavy (non-hydrogen) atoms. The number of hydrogen-bond acceptors (Lipinski definition) is 2. The number of hydrogen-bond donors (Lipinski definition) is 1. The summed E-state index contributed by atoms with van der Waals surface area (Å²) in [6.07, 6.45) is 6.47. The Morgan fingerprint density at radius 1 is 1.35 bits per heavy atom. The summed E-state index contributed by atoms with van der Waals surface area (Å²) in [5.41, 5.74) is 0.0980. The zero-order chi connectivity index (χ0) is 12.4. The predicted octanol–water partition coefficient (Wildman–Crippen LogP) is 1.62. The van der Waals surface area contributed by atoms with Gasteiger partial charge in [-0.3, -0.25) is 9.13 Å². The molecule has 0 spiro atoms. The van der Waals surface area contributed by atoms with Crippen LogP contribution in [0.4, 0.5) is 0 Å². The average Bonchev–Trinajstić information content (AvgIpc) is 3.05. The molecule has 1 unspecified atom stereocenters. The van der Waals surface area contributed by atoms with Gasteiger partial charge in [0.2, 0.25) is 0 Å². The van der Waals surface area contributed by atoms with Crippen LogP contribution in [-0.2, 0) is 6.54 Å². The fraction of sp³-hybridized carbons (Fsp3) is 0.769. The molecule has 1 aliphatic carbocycles.